The Morgan fingerprint density at radius 1 is 1.36 bits per heavy atom. The number of hydrogen-bond acceptors (Lipinski definition) is 3. The van der Waals surface area contributed by atoms with Gasteiger partial charge in [-0.25, -0.2) is 4.98 Å². The maximum Gasteiger partial charge on any atom is 0.278 e. The van der Waals surface area contributed by atoms with Gasteiger partial charge in [-0.3, -0.25) is 14.2 Å². The van der Waals surface area contributed by atoms with Gasteiger partial charge >= 0.3 is 0 Å². The van der Waals surface area contributed by atoms with Crippen molar-refractivity contribution in [3.8, 4) is 0 Å². The predicted octanol–water partition coefficient (Wildman–Crippen LogP) is 2.74. The van der Waals surface area contributed by atoms with Crippen molar-refractivity contribution in [2.45, 2.75) is 32.9 Å². The van der Waals surface area contributed by atoms with Gasteiger partial charge in [0, 0.05) is 29.4 Å². The van der Waals surface area contributed by atoms with Crippen LogP contribution >= 0.6 is 11.6 Å². The highest BCUT2D eigenvalue weighted by molar-refractivity contribution is 6.30. The Kier molecular flexibility index (Phi) is 3.84. The summed E-state index contributed by atoms with van der Waals surface area (Å²) in [6, 6.07) is 8.83. The summed E-state index contributed by atoms with van der Waals surface area (Å²) in [6.07, 6.45) is 1.76. The van der Waals surface area contributed by atoms with Gasteiger partial charge in [0.15, 0.2) is 0 Å². The first-order valence-corrected chi connectivity index (χ1v) is 8.56. The highest BCUT2D eigenvalue weighted by atomic mass is 35.5. The van der Waals surface area contributed by atoms with Crippen LogP contribution in [-0.4, -0.2) is 20.0 Å². The van der Waals surface area contributed by atoms with Crippen LogP contribution in [0.4, 0.5) is 5.69 Å². The van der Waals surface area contributed by atoms with Crippen LogP contribution in [0.25, 0.3) is 11.0 Å². The third-order valence-corrected chi connectivity index (χ3v) is 4.72. The SMILES string of the molecule is Cc1cc2nc3n(c(=O)c2n1CC(=O)Nc1cccc(Cl)c1)CCC3. The summed E-state index contributed by atoms with van der Waals surface area (Å²) in [5.41, 5.74) is 2.55. The molecule has 0 bridgehead atoms. The van der Waals surface area contributed by atoms with Crippen molar-refractivity contribution < 1.29 is 4.79 Å². The number of fused-ring (bicyclic) bond motifs is 2. The molecule has 1 amide bonds. The molecule has 0 saturated carbocycles. The van der Waals surface area contributed by atoms with Gasteiger partial charge < -0.3 is 9.88 Å². The minimum absolute atomic E-state index is 0.0537. The number of carbonyl (C=O) groups is 1. The molecular weight excluding hydrogens is 340 g/mol. The molecule has 25 heavy (non-hydrogen) atoms. The zero-order chi connectivity index (χ0) is 17.6. The maximum atomic E-state index is 12.8. The summed E-state index contributed by atoms with van der Waals surface area (Å²) >= 11 is 5.94. The van der Waals surface area contributed by atoms with Gasteiger partial charge in [-0.1, -0.05) is 17.7 Å². The largest absolute Gasteiger partial charge is 0.330 e. The summed E-state index contributed by atoms with van der Waals surface area (Å²) in [6.45, 7) is 2.62. The van der Waals surface area contributed by atoms with E-state index in [1.165, 1.54) is 0 Å². The Balaban J connectivity index is 1.68. The molecule has 2 aromatic heterocycles. The zero-order valence-corrected chi connectivity index (χ0v) is 14.5. The predicted molar refractivity (Wildman–Crippen MR) is 97.1 cm³/mol. The number of halogens is 1. The molecule has 0 saturated heterocycles. The van der Waals surface area contributed by atoms with Crippen molar-refractivity contribution in [1.82, 2.24) is 14.1 Å². The van der Waals surface area contributed by atoms with Crippen LogP contribution in [0.15, 0.2) is 35.1 Å². The number of anilines is 1. The van der Waals surface area contributed by atoms with Gasteiger partial charge in [0.1, 0.15) is 17.9 Å². The van der Waals surface area contributed by atoms with E-state index in [2.05, 4.69) is 10.3 Å². The molecule has 128 valence electrons. The molecule has 3 aromatic rings. The van der Waals surface area contributed by atoms with Crippen molar-refractivity contribution in [1.29, 1.82) is 0 Å². The topological polar surface area (TPSA) is 68.9 Å². The Morgan fingerprint density at radius 3 is 3.00 bits per heavy atom. The first kappa shape index (κ1) is 15.9. The summed E-state index contributed by atoms with van der Waals surface area (Å²) in [4.78, 5) is 29.8. The molecule has 4 rings (SSSR count). The number of nitrogens with one attached hydrogen (secondary N) is 1. The van der Waals surface area contributed by atoms with Gasteiger partial charge in [0.25, 0.3) is 5.56 Å². The number of hydrogen-bond donors (Lipinski definition) is 1. The molecule has 3 heterocycles. The average molecular weight is 357 g/mol. The lowest BCUT2D eigenvalue weighted by molar-refractivity contribution is -0.116. The van der Waals surface area contributed by atoms with E-state index in [1.807, 2.05) is 13.0 Å². The Morgan fingerprint density at radius 2 is 2.20 bits per heavy atom. The fourth-order valence-electron chi connectivity index (χ4n) is 3.34. The van der Waals surface area contributed by atoms with Gasteiger partial charge in [-0.05, 0) is 37.6 Å². The van der Waals surface area contributed by atoms with E-state index in [1.54, 1.807) is 33.4 Å². The summed E-state index contributed by atoms with van der Waals surface area (Å²) in [5, 5.41) is 3.37. The molecule has 0 unspecified atom stereocenters. The Hall–Kier alpha value is -2.60. The second-order valence-electron chi connectivity index (χ2n) is 6.25. The average Bonchev–Trinajstić information content (AvgIpc) is 3.13. The number of aryl methyl sites for hydroxylation is 2. The van der Waals surface area contributed by atoms with Crippen molar-refractivity contribution >= 4 is 34.2 Å². The van der Waals surface area contributed by atoms with Gasteiger partial charge in [-0.15, -0.1) is 0 Å². The molecule has 0 radical (unpaired) electrons. The summed E-state index contributed by atoms with van der Waals surface area (Å²) < 4.78 is 3.45. The van der Waals surface area contributed by atoms with Crippen LogP contribution in [0.2, 0.25) is 5.02 Å². The quantitative estimate of drug-likeness (QED) is 0.784. The summed E-state index contributed by atoms with van der Waals surface area (Å²) in [7, 11) is 0. The van der Waals surface area contributed by atoms with Crippen LogP contribution in [0.3, 0.4) is 0 Å². The van der Waals surface area contributed by atoms with E-state index in [9.17, 15) is 9.59 Å². The number of nitrogens with zero attached hydrogens (tertiary/aromatic N) is 3. The smallest absolute Gasteiger partial charge is 0.278 e. The number of aromatic nitrogens is 3. The molecule has 1 N–H and O–H groups in total. The highest BCUT2D eigenvalue weighted by Gasteiger charge is 2.20. The third-order valence-electron chi connectivity index (χ3n) is 4.48. The zero-order valence-electron chi connectivity index (χ0n) is 13.8. The molecule has 6 nitrogen and oxygen atoms in total. The summed E-state index contributed by atoms with van der Waals surface area (Å²) in [5.74, 6) is 0.616. The number of carbonyl (C=O) groups excluding carboxylic acids is 1. The normalized spacial score (nSPS) is 13.2. The van der Waals surface area contributed by atoms with Crippen molar-refractivity contribution in [2.75, 3.05) is 5.32 Å². The van der Waals surface area contributed by atoms with Gasteiger partial charge in [0.05, 0.1) is 5.52 Å². The lowest BCUT2D eigenvalue weighted by Gasteiger charge is -2.10. The van der Waals surface area contributed by atoms with Crippen LogP contribution < -0.4 is 10.9 Å². The Bertz CT molecular complexity index is 1050. The van der Waals surface area contributed by atoms with Crippen LogP contribution in [0.1, 0.15) is 17.9 Å². The standard InChI is InChI=1S/C18H17ClN4O2/c1-11-8-14-17(18(25)22-7-3-6-15(22)21-14)23(11)10-16(24)20-13-5-2-4-12(19)9-13/h2,4-5,8-9H,3,6-7,10H2,1H3,(H,20,24). The second-order valence-corrected chi connectivity index (χ2v) is 6.69. The fraction of sp³-hybridized carbons (Fsp3) is 0.278. The molecule has 7 heteroatoms. The molecule has 0 aliphatic carbocycles. The lowest BCUT2D eigenvalue weighted by Crippen LogP contribution is -2.26. The number of benzene rings is 1. The number of amides is 1. The van der Waals surface area contributed by atoms with Crippen LogP contribution in [0, 0.1) is 6.92 Å². The fourth-order valence-corrected chi connectivity index (χ4v) is 3.53. The van der Waals surface area contributed by atoms with E-state index in [0.717, 1.165) is 24.4 Å². The number of rotatable bonds is 3. The van der Waals surface area contributed by atoms with Crippen molar-refractivity contribution in [3.63, 3.8) is 0 Å². The van der Waals surface area contributed by atoms with Crippen molar-refractivity contribution in [2.24, 2.45) is 0 Å². The maximum absolute atomic E-state index is 12.8. The van der Waals surface area contributed by atoms with E-state index >= 15 is 0 Å². The molecule has 0 fully saturated rings. The van der Waals surface area contributed by atoms with Crippen LogP contribution in [0.5, 0.6) is 0 Å². The third kappa shape index (κ3) is 2.82. The van der Waals surface area contributed by atoms with E-state index in [0.29, 0.717) is 28.3 Å². The first-order chi connectivity index (χ1) is 12.0. The van der Waals surface area contributed by atoms with E-state index < -0.39 is 0 Å². The second kappa shape index (κ2) is 6.04. The van der Waals surface area contributed by atoms with Gasteiger partial charge in [0.2, 0.25) is 5.91 Å². The first-order valence-electron chi connectivity index (χ1n) is 8.18. The monoisotopic (exact) mass is 356 g/mol. The highest BCUT2D eigenvalue weighted by Crippen LogP contribution is 2.19. The molecule has 1 aromatic carbocycles. The lowest BCUT2D eigenvalue weighted by atomic mass is 10.3. The minimum atomic E-state index is -0.215. The van der Waals surface area contributed by atoms with E-state index in [4.69, 9.17) is 11.6 Å². The van der Waals surface area contributed by atoms with Gasteiger partial charge in [-0.2, -0.15) is 0 Å². The Labute approximate surface area is 149 Å². The van der Waals surface area contributed by atoms with E-state index in [-0.39, 0.29) is 18.0 Å². The molecule has 1 aliphatic rings. The van der Waals surface area contributed by atoms with Crippen molar-refractivity contribution in [3.05, 3.63) is 57.2 Å². The molecule has 0 spiro atoms. The minimum Gasteiger partial charge on any atom is -0.330 e. The molecular formula is C18H17ClN4O2. The van der Waals surface area contributed by atoms with Crippen LogP contribution in [-0.2, 0) is 24.3 Å². The molecule has 1 aliphatic heterocycles. The molecule has 0 atom stereocenters.